The molecule has 3 rings (SSSR count). The molecule has 0 bridgehead atoms. The Balaban J connectivity index is 1.48. The number of Topliss-reactive ketones (excluding diaryl/α,β-unsaturated/α-hetero) is 1. The largest absolute Gasteiger partial charge is 0.497 e. The Morgan fingerprint density at radius 3 is 2.59 bits per heavy atom. The first-order valence-electron chi connectivity index (χ1n) is 9.37. The zero-order valence-corrected chi connectivity index (χ0v) is 17.0. The number of amides is 1. The standard InChI is InChI=1S/C21H26N2O3S/c1-14-15(2)27-21(22-14)16-9-11-23(12-10-16)20(25)8-7-19(24)17-5-4-6-18(13-17)26-3/h4-6,13,16H,7-12H2,1-3H3. The number of methoxy groups -OCH3 is 1. The normalized spacial score (nSPS) is 15.0. The first-order chi connectivity index (χ1) is 13.0. The molecule has 1 aliphatic heterocycles. The number of ketones is 1. The highest BCUT2D eigenvalue weighted by Crippen LogP contribution is 2.32. The molecule has 0 radical (unpaired) electrons. The molecule has 2 aromatic rings. The lowest BCUT2D eigenvalue weighted by atomic mass is 9.97. The molecule has 144 valence electrons. The molecule has 0 spiro atoms. The van der Waals surface area contributed by atoms with Crippen LogP contribution in [0.5, 0.6) is 5.75 Å². The highest BCUT2D eigenvalue weighted by atomic mass is 32.1. The number of thiazole rings is 1. The minimum Gasteiger partial charge on any atom is -0.497 e. The number of rotatable bonds is 6. The Morgan fingerprint density at radius 1 is 1.22 bits per heavy atom. The van der Waals surface area contributed by atoms with Gasteiger partial charge in [0, 0.05) is 42.3 Å². The van der Waals surface area contributed by atoms with Crippen LogP contribution in [0.3, 0.4) is 0 Å². The summed E-state index contributed by atoms with van der Waals surface area (Å²) in [4.78, 5) is 32.7. The maximum atomic E-state index is 12.5. The van der Waals surface area contributed by atoms with Crippen molar-refractivity contribution in [1.29, 1.82) is 0 Å². The first-order valence-corrected chi connectivity index (χ1v) is 10.2. The van der Waals surface area contributed by atoms with Gasteiger partial charge in [-0.1, -0.05) is 12.1 Å². The molecule has 1 amide bonds. The van der Waals surface area contributed by atoms with E-state index in [1.54, 1.807) is 42.7 Å². The summed E-state index contributed by atoms with van der Waals surface area (Å²) >= 11 is 1.78. The minimum atomic E-state index is -0.0223. The molecule has 0 saturated carbocycles. The Bertz CT molecular complexity index is 803. The highest BCUT2D eigenvalue weighted by Gasteiger charge is 2.26. The van der Waals surface area contributed by atoms with E-state index in [9.17, 15) is 9.59 Å². The van der Waals surface area contributed by atoms with Gasteiger partial charge in [0.15, 0.2) is 5.78 Å². The average molecular weight is 387 g/mol. The van der Waals surface area contributed by atoms with Gasteiger partial charge < -0.3 is 9.64 Å². The van der Waals surface area contributed by atoms with E-state index >= 15 is 0 Å². The Hall–Kier alpha value is -2.21. The lowest BCUT2D eigenvalue weighted by molar-refractivity contribution is -0.132. The monoisotopic (exact) mass is 386 g/mol. The summed E-state index contributed by atoms with van der Waals surface area (Å²) in [5, 5.41) is 1.20. The number of hydrogen-bond donors (Lipinski definition) is 0. The molecule has 0 N–H and O–H groups in total. The molecule has 0 unspecified atom stereocenters. The second-order valence-electron chi connectivity index (χ2n) is 7.00. The van der Waals surface area contributed by atoms with Crippen molar-refractivity contribution < 1.29 is 14.3 Å². The van der Waals surface area contributed by atoms with E-state index < -0.39 is 0 Å². The van der Waals surface area contributed by atoms with Crippen LogP contribution < -0.4 is 4.74 Å². The van der Waals surface area contributed by atoms with E-state index in [2.05, 4.69) is 11.9 Å². The lowest BCUT2D eigenvalue weighted by Crippen LogP contribution is -2.38. The van der Waals surface area contributed by atoms with E-state index in [1.165, 1.54) is 9.88 Å². The number of carbonyl (C=O) groups is 2. The van der Waals surface area contributed by atoms with E-state index in [1.807, 2.05) is 11.8 Å². The molecule has 0 atom stereocenters. The van der Waals surface area contributed by atoms with Gasteiger partial charge in [0.05, 0.1) is 17.8 Å². The van der Waals surface area contributed by atoms with Crippen LogP contribution >= 0.6 is 11.3 Å². The zero-order valence-electron chi connectivity index (χ0n) is 16.2. The molecule has 1 aromatic carbocycles. The topological polar surface area (TPSA) is 59.5 Å². The molecule has 5 nitrogen and oxygen atoms in total. The van der Waals surface area contributed by atoms with Crippen LogP contribution in [0.2, 0.25) is 0 Å². The quantitative estimate of drug-likeness (QED) is 0.700. The van der Waals surface area contributed by atoms with Crippen molar-refractivity contribution in [2.75, 3.05) is 20.2 Å². The molecular weight excluding hydrogens is 360 g/mol. The van der Waals surface area contributed by atoms with Crippen LogP contribution in [0, 0.1) is 13.8 Å². The molecule has 2 heterocycles. The Morgan fingerprint density at radius 2 is 1.96 bits per heavy atom. The second-order valence-corrected chi connectivity index (χ2v) is 8.24. The number of likely N-dealkylation sites (tertiary alicyclic amines) is 1. The molecule has 6 heteroatoms. The number of carbonyl (C=O) groups excluding carboxylic acids is 2. The summed E-state index contributed by atoms with van der Waals surface area (Å²) in [7, 11) is 1.57. The van der Waals surface area contributed by atoms with Crippen LogP contribution in [0.4, 0.5) is 0 Å². The number of aromatic nitrogens is 1. The van der Waals surface area contributed by atoms with E-state index in [-0.39, 0.29) is 24.5 Å². The van der Waals surface area contributed by atoms with Gasteiger partial charge in [0.25, 0.3) is 0 Å². The van der Waals surface area contributed by atoms with Crippen molar-refractivity contribution in [3.63, 3.8) is 0 Å². The van der Waals surface area contributed by atoms with Crippen molar-refractivity contribution in [3.05, 3.63) is 45.4 Å². The molecular formula is C21H26N2O3S. The smallest absolute Gasteiger partial charge is 0.223 e. The van der Waals surface area contributed by atoms with Gasteiger partial charge in [-0.3, -0.25) is 9.59 Å². The molecule has 1 aliphatic rings. The van der Waals surface area contributed by atoms with Crippen molar-refractivity contribution in [2.45, 2.75) is 45.4 Å². The van der Waals surface area contributed by atoms with Crippen LogP contribution in [0.15, 0.2) is 24.3 Å². The maximum absolute atomic E-state index is 12.5. The highest BCUT2D eigenvalue weighted by molar-refractivity contribution is 7.11. The minimum absolute atomic E-state index is 0.0223. The average Bonchev–Trinajstić information content (AvgIpc) is 3.04. The fraction of sp³-hybridized carbons (Fsp3) is 0.476. The molecule has 1 fully saturated rings. The van der Waals surface area contributed by atoms with Gasteiger partial charge in [-0.15, -0.1) is 11.3 Å². The van der Waals surface area contributed by atoms with Gasteiger partial charge in [-0.2, -0.15) is 0 Å². The number of benzene rings is 1. The van der Waals surface area contributed by atoms with Gasteiger partial charge >= 0.3 is 0 Å². The molecule has 0 aliphatic carbocycles. The van der Waals surface area contributed by atoms with Gasteiger partial charge in [0.2, 0.25) is 5.91 Å². The van der Waals surface area contributed by atoms with Crippen LogP contribution in [-0.2, 0) is 4.79 Å². The zero-order chi connectivity index (χ0) is 19.4. The van der Waals surface area contributed by atoms with Gasteiger partial charge in [-0.05, 0) is 38.8 Å². The summed E-state index contributed by atoms with van der Waals surface area (Å²) in [6.07, 6.45) is 2.39. The first kappa shape index (κ1) is 19.5. The number of aryl methyl sites for hydroxylation is 2. The number of hydrogen-bond acceptors (Lipinski definition) is 5. The second kappa shape index (κ2) is 8.65. The third-order valence-corrected chi connectivity index (χ3v) is 6.43. The fourth-order valence-corrected chi connectivity index (χ4v) is 4.46. The predicted molar refractivity (Wildman–Crippen MR) is 107 cm³/mol. The van der Waals surface area contributed by atoms with Crippen LogP contribution in [0.25, 0.3) is 0 Å². The summed E-state index contributed by atoms with van der Waals surface area (Å²) in [6, 6.07) is 7.08. The van der Waals surface area contributed by atoms with E-state index in [4.69, 9.17) is 4.74 Å². The lowest BCUT2D eigenvalue weighted by Gasteiger charge is -2.31. The summed E-state index contributed by atoms with van der Waals surface area (Å²) < 4.78 is 5.15. The number of ether oxygens (including phenoxy) is 1. The van der Waals surface area contributed by atoms with Gasteiger partial charge in [-0.25, -0.2) is 4.98 Å². The van der Waals surface area contributed by atoms with Crippen LogP contribution in [-0.4, -0.2) is 41.8 Å². The number of piperidine rings is 1. The third-order valence-electron chi connectivity index (χ3n) is 5.20. The third kappa shape index (κ3) is 4.75. The van der Waals surface area contributed by atoms with Crippen molar-refractivity contribution in [3.8, 4) is 5.75 Å². The Labute approximate surface area is 164 Å². The fourth-order valence-electron chi connectivity index (χ4n) is 3.37. The van der Waals surface area contributed by atoms with E-state index in [0.29, 0.717) is 17.2 Å². The SMILES string of the molecule is COc1cccc(C(=O)CCC(=O)N2CCC(c3nc(C)c(C)s3)CC2)c1. The van der Waals surface area contributed by atoms with Crippen molar-refractivity contribution in [2.24, 2.45) is 0 Å². The van der Waals surface area contributed by atoms with Crippen molar-refractivity contribution >= 4 is 23.0 Å². The summed E-state index contributed by atoms with van der Waals surface area (Å²) in [5.74, 6) is 1.15. The summed E-state index contributed by atoms with van der Waals surface area (Å²) in [5.41, 5.74) is 1.71. The predicted octanol–water partition coefficient (Wildman–Crippen LogP) is 4.14. The molecule has 27 heavy (non-hydrogen) atoms. The Kier molecular flexibility index (Phi) is 6.26. The molecule has 1 saturated heterocycles. The summed E-state index contributed by atoms with van der Waals surface area (Å²) in [6.45, 7) is 5.64. The molecule has 1 aromatic heterocycles. The number of nitrogens with zero attached hydrogens (tertiary/aromatic N) is 2. The van der Waals surface area contributed by atoms with Crippen LogP contribution in [0.1, 0.15) is 57.5 Å². The van der Waals surface area contributed by atoms with E-state index in [0.717, 1.165) is 31.6 Å². The van der Waals surface area contributed by atoms with Gasteiger partial charge in [0.1, 0.15) is 5.75 Å². The van der Waals surface area contributed by atoms with Crippen molar-refractivity contribution in [1.82, 2.24) is 9.88 Å². The maximum Gasteiger partial charge on any atom is 0.223 e.